The van der Waals surface area contributed by atoms with Gasteiger partial charge >= 0.3 is 0 Å². The molecule has 0 unspecified atom stereocenters. The number of aryl methyl sites for hydroxylation is 3. The number of hydrogen-bond acceptors (Lipinski definition) is 4. The maximum absolute atomic E-state index is 12.3. The fourth-order valence-corrected chi connectivity index (χ4v) is 3.83. The Hall–Kier alpha value is -2.31. The quantitative estimate of drug-likeness (QED) is 0.681. The Bertz CT molecular complexity index is 1010. The maximum atomic E-state index is 12.3. The number of carbonyl (C=O) groups excluding carboxylic acids is 1. The Morgan fingerprint density at radius 3 is 3.00 bits per heavy atom. The Morgan fingerprint density at radius 1 is 1.33 bits per heavy atom. The van der Waals surface area contributed by atoms with Gasteiger partial charge in [0.1, 0.15) is 5.82 Å². The van der Waals surface area contributed by atoms with Crippen molar-refractivity contribution >= 4 is 34.9 Å². The maximum Gasteiger partial charge on any atom is 0.226 e. The molecule has 1 aliphatic carbocycles. The molecule has 1 aromatic carbocycles. The minimum absolute atomic E-state index is 0.0861. The molecular formula is C19H18Cl2N4O2. The highest BCUT2D eigenvalue weighted by molar-refractivity contribution is 6.36. The number of anilines is 1. The topological polar surface area (TPSA) is 73.0 Å². The fourth-order valence-electron chi connectivity index (χ4n) is 3.33. The standard InChI is InChI=1S/C19H18Cl2N4O2/c1-25-19(13-3-2-4-15(13)24-25)23-17(26)7-8-18-22-10-16(27-18)12-6-5-11(20)9-14(12)21/h5-6,9-10H,2-4,7-8H2,1H3,(H,23,26). The summed E-state index contributed by atoms with van der Waals surface area (Å²) in [5.74, 6) is 1.75. The molecule has 3 aromatic rings. The Morgan fingerprint density at radius 2 is 2.19 bits per heavy atom. The molecule has 0 aliphatic heterocycles. The lowest BCUT2D eigenvalue weighted by Gasteiger charge is -2.07. The molecule has 1 amide bonds. The summed E-state index contributed by atoms with van der Waals surface area (Å²) in [6.45, 7) is 0. The predicted molar refractivity (Wildman–Crippen MR) is 104 cm³/mol. The second kappa shape index (κ2) is 7.37. The first-order valence-electron chi connectivity index (χ1n) is 8.76. The average Bonchev–Trinajstić information content (AvgIpc) is 3.32. The summed E-state index contributed by atoms with van der Waals surface area (Å²) in [7, 11) is 1.85. The van der Waals surface area contributed by atoms with Gasteiger partial charge in [0.25, 0.3) is 0 Å². The number of oxazole rings is 1. The van der Waals surface area contributed by atoms with Gasteiger partial charge < -0.3 is 9.73 Å². The summed E-state index contributed by atoms with van der Waals surface area (Å²) in [4.78, 5) is 16.6. The van der Waals surface area contributed by atoms with Gasteiger partial charge in [0.15, 0.2) is 11.7 Å². The van der Waals surface area contributed by atoms with E-state index in [2.05, 4.69) is 15.4 Å². The van der Waals surface area contributed by atoms with E-state index in [4.69, 9.17) is 27.6 Å². The third kappa shape index (κ3) is 3.73. The number of halogens is 2. The molecule has 140 valence electrons. The Kier molecular flexibility index (Phi) is 4.93. The molecule has 0 radical (unpaired) electrons. The monoisotopic (exact) mass is 404 g/mol. The van der Waals surface area contributed by atoms with Crippen molar-refractivity contribution in [1.29, 1.82) is 0 Å². The molecule has 0 saturated heterocycles. The molecule has 1 aliphatic rings. The molecule has 0 fully saturated rings. The normalized spacial score (nSPS) is 13.0. The second-order valence-electron chi connectivity index (χ2n) is 6.54. The van der Waals surface area contributed by atoms with Gasteiger partial charge in [0.2, 0.25) is 5.91 Å². The number of amides is 1. The van der Waals surface area contributed by atoms with Crippen LogP contribution in [0.3, 0.4) is 0 Å². The number of carbonyl (C=O) groups is 1. The Labute approximate surface area is 166 Å². The van der Waals surface area contributed by atoms with Crippen molar-refractivity contribution < 1.29 is 9.21 Å². The molecule has 0 spiro atoms. The van der Waals surface area contributed by atoms with Crippen LogP contribution in [0.2, 0.25) is 10.0 Å². The number of aromatic nitrogens is 3. The molecule has 0 bridgehead atoms. The van der Waals surface area contributed by atoms with E-state index in [1.807, 2.05) is 7.05 Å². The summed E-state index contributed by atoms with van der Waals surface area (Å²) in [6.07, 6.45) is 5.31. The molecule has 0 saturated carbocycles. The first kappa shape index (κ1) is 18.1. The van der Waals surface area contributed by atoms with Crippen molar-refractivity contribution in [2.24, 2.45) is 7.05 Å². The molecule has 6 nitrogen and oxygen atoms in total. The number of nitrogens with one attached hydrogen (secondary N) is 1. The Balaban J connectivity index is 1.39. The van der Waals surface area contributed by atoms with Gasteiger partial charge in [-0.05, 0) is 37.5 Å². The van der Waals surface area contributed by atoms with E-state index in [1.54, 1.807) is 29.1 Å². The van der Waals surface area contributed by atoms with E-state index in [0.717, 1.165) is 41.9 Å². The summed E-state index contributed by atoms with van der Waals surface area (Å²) >= 11 is 12.1. The molecule has 4 rings (SSSR count). The van der Waals surface area contributed by atoms with Crippen molar-refractivity contribution in [3.8, 4) is 11.3 Å². The van der Waals surface area contributed by atoms with Gasteiger partial charge in [-0.15, -0.1) is 0 Å². The lowest BCUT2D eigenvalue weighted by atomic mass is 10.2. The van der Waals surface area contributed by atoms with Crippen LogP contribution in [-0.4, -0.2) is 20.7 Å². The lowest BCUT2D eigenvalue weighted by Crippen LogP contribution is -2.16. The largest absolute Gasteiger partial charge is 0.441 e. The van der Waals surface area contributed by atoms with Gasteiger partial charge in [0.05, 0.1) is 16.9 Å². The highest BCUT2D eigenvalue weighted by Crippen LogP contribution is 2.31. The first-order valence-corrected chi connectivity index (χ1v) is 9.51. The van der Waals surface area contributed by atoms with Crippen LogP contribution in [0.4, 0.5) is 5.82 Å². The summed E-state index contributed by atoms with van der Waals surface area (Å²) in [5.41, 5.74) is 2.96. The smallest absolute Gasteiger partial charge is 0.226 e. The van der Waals surface area contributed by atoms with E-state index < -0.39 is 0 Å². The van der Waals surface area contributed by atoms with Crippen LogP contribution in [0.25, 0.3) is 11.3 Å². The highest BCUT2D eigenvalue weighted by Gasteiger charge is 2.22. The minimum Gasteiger partial charge on any atom is -0.441 e. The van der Waals surface area contributed by atoms with Crippen LogP contribution in [0.1, 0.15) is 30.0 Å². The van der Waals surface area contributed by atoms with Crippen LogP contribution in [0.5, 0.6) is 0 Å². The molecule has 8 heteroatoms. The first-order chi connectivity index (χ1) is 13.0. The van der Waals surface area contributed by atoms with E-state index in [-0.39, 0.29) is 12.3 Å². The third-order valence-electron chi connectivity index (χ3n) is 4.64. The highest BCUT2D eigenvalue weighted by atomic mass is 35.5. The predicted octanol–water partition coefficient (Wildman–Crippen LogP) is 4.44. The fraction of sp³-hybridized carbons (Fsp3) is 0.316. The van der Waals surface area contributed by atoms with E-state index in [1.165, 1.54) is 0 Å². The number of benzene rings is 1. The zero-order chi connectivity index (χ0) is 19.0. The van der Waals surface area contributed by atoms with E-state index in [0.29, 0.717) is 28.1 Å². The molecular weight excluding hydrogens is 387 g/mol. The van der Waals surface area contributed by atoms with Crippen LogP contribution < -0.4 is 5.32 Å². The van der Waals surface area contributed by atoms with Crippen molar-refractivity contribution in [3.05, 3.63) is 51.6 Å². The molecule has 1 N–H and O–H groups in total. The van der Waals surface area contributed by atoms with Crippen LogP contribution in [-0.2, 0) is 31.1 Å². The average molecular weight is 405 g/mol. The van der Waals surface area contributed by atoms with Crippen LogP contribution >= 0.6 is 23.2 Å². The zero-order valence-corrected chi connectivity index (χ0v) is 16.3. The number of hydrogen-bond donors (Lipinski definition) is 1. The zero-order valence-electron chi connectivity index (χ0n) is 14.8. The summed E-state index contributed by atoms with van der Waals surface area (Å²) in [5, 5.41) is 8.48. The van der Waals surface area contributed by atoms with Crippen molar-refractivity contribution in [2.75, 3.05) is 5.32 Å². The third-order valence-corrected chi connectivity index (χ3v) is 5.19. The van der Waals surface area contributed by atoms with Crippen molar-refractivity contribution in [2.45, 2.75) is 32.1 Å². The van der Waals surface area contributed by atoms with Gasteiger partial charge in [-0.1, -0.05) is 23.2 Å². The second-order valence-corrected chi connectivity index (χ2v) is 7.39. The SMILES string of the molecule is Cn1nc2c(c1NC(=O)CCc1ncc(-c3ccc(Cl)cc3Cl)o1)CCC2. The van der Waals surface area contributed by atoms with Gasteiger partial charge in [-0.2, -0.15) is 5.10 Å². The number of rotatable bonds is 5. The molecule has 27 heavy (non-hydrogen) atoms. The van der Waals surface area contributed by atoms with Gasteiger partial charge in [0, 0.05) is 36.0 Å². The van der Waals surface area contributed by atoms with Gasteiger partial charge in [-0.3, -0.25) is 9.48 Å². The van der Waals surface area contributed by atoms with Crippen LogP contribution in [0, 0.1) is 0 Å². The summed E-state index contributed by atoms with van der Waals surface area (Å²) in [6, 6.07) is 5.18. The van der Waals surface area contributed by atoms with Crippen molar-refractivity contribution in [3.63, 3.8) is 0 Å². The van der Waals surface area contributed by atoms with Gasteiger partial charge in [-0.25, -0.2) is 4.98 Å². The van der Waals surface area contributed by atoms with Crippen LogP contribution in [0.15, 0.2) is 28.8 Å². The number of nitrogens with zero attached hydrogens (tertiary/aromatic N) is 3. The van der Waals surface area contributed by atoms with E-state index >= 15 is 0 Å². The minimum atomic E-state index is -0.0861. The number of fused-ring (bicyclic) bond motifs is 1. The van der Waals surface area contributed by atoms with E-state index in [9.17, 15) is 4.79 Å². The molecule has 2 heterocycles. The lowest BCUT2D eigenvalue weighted by molar-refractivity contribution is -0.116. The van der Waals surface area contributed by atoms with Crippen molar-refractivity contribution in [1.82, 2.24) is 14.8 Å². The summed E-state index contributed by atoms with van der Waals surface area (Å²) < 4.78 is 7.48. The molecule has 0 atom stereocenters. The molecule has 2 aromatic heterocycles.